The monoisotopic (exact) mass is 292 g/mol. The van der Waals surface area contributed by atoms with Crippen molar-refractivity contribution in [2.45, 2.75) is 6.42 Å². The number of amides is 1. The van der Waals surface area contributed by atoms with Gasteiger partial charge in [0.05, 0.1) is 12.6 Å². The second-order valence-electron chi connectivity index (χ2n) is 4.00. The first-order valence-electron chi connectivity index (χ1n) is 5.77. The minimum atomic E-state index is -0.942. The van der Waals surface area contributed by atoms with E-state index in [2.05, 4.69) is 15.0 Å². The zero-order valence-electron chi connectivity index (χ0n) is 10.7. The summed E-state index contributed by atoms with van der Waals surface area (Å²) in [4.78, 5) is 36.1. The van der Waals surface area contributed by atoms with Gasteiger partial charge in [-0.3, -0.25) is 19.6 Å². The van der Waals surface area contributed by atoms with Crippen molar-refractivity contribution >= 4 is 23.2 Å². The van der Waals surface area contributed by atoms with Crippen LogP contribution in [0, 0.1) is 0 Å². The Morgan fingerprint density at radius 1 is 1.40 bits per heavy atom. The third kappa shape index (κ3) is 3.35. The molecule has 1 amide bonds. The fraction of sp³-hybridized carbons (Fsp3) is 0.250. The number of thiazole rings is 1. The van der Waals surface area contributed by atoms with E-state index in [1.54, 1.807) is 31.0 Å². The van der Waals surface area contributed by atoms with Crippen LogP contribution >= 0.6 is 11.3 Å². The van der Waals surface area contributed by atoms with Gasteiger partial charge in [0.15, 0.2) is 0 Å². The average Bonchev–Trinajstić information content (AvgIpc) is 2.94. The third-order valence-corrected chi connectivity index (χ3v) is 3.38. The van der Waals surface area contributed by atoms with Crippen molar-refractivity contribution in [3.05, 3.63) is 29.7 Å². The van der Waals surface area contributed by atoms with E-state index < -0.39 is 5.97 Å². The van der Waals surface area contributed by atoms with Crippen molar-refractivity contribution in [3.8, 4) is 10.7 Å². The van der Waals surface area contributed by atoms with E-state index in [9.17, 15) is 9.59 Å². The molecule has 2 aromatic rings. The normalized spacial score (nSPS) is 10.2. The van der Waals surface area contributed by atoms with Gasteiger partial charge in [0, 0.05) is 31.4 Å². The highest BCUT2D eigenvalue weighted by atomic mass is 32.1. The predicted octanol–water partition coefficient (Wildman–Crippen LogP) is 1.15. The van der Waals surface area contributed by atoms with Gasteiger partial charge in [-0.2, -0.15) is 0 Å². The number of nitrogens with zero attached hydrogens (tertiary/aromatic N) is 4. The van der Waals surface area contributed by atoms with Crippen LogP contribution in [-0.4, -0.2) is 50.4 Å². The molecule has 2 aromatic heterocycles. The number of hydrogen-bond donors (Lipinski definition) is 1. The summed E-state index contributed by atoms with van der Waals surface area (Å²) in [5.74, 6) is -1.25. The van der Waals surface area contributed by atoms with Crippen LogP contribution in [0.1, 0.15) is 16.9 Å². The molecule has 104 valence electrons. The lowest BCUT2D eigenvalue weighted by Gasteiger charge is -2.14. The van der Waals surface area contributed by atoms with E-state index in [0.717, 1.165) is 0 Å². The van der Waals surface area contributed by atoms with Gasteiger partial charge in [0.25, 0.3) is 5.91 Å². The maximum atomic E-state index is 12.0. The first-order chi connectivity index (χ1) is 9.58. The van der Waals surface area contributed by atoms with Gasteiger partial charge in [-0.1, -0.05) is 0 Å². The zero-order chi connectivity index (χ0) is 14.5. The molecule has 2 rings (SSSR count). The number of carboxylic acid groups (broad SMARTS) is 1. The molecular formula is C12H12N4O3S. The van der Waals surface area contributed by atoms with E-state index >= 15 is 0 Å². The molecular weight excluding hydrogens is 280 g/mol. The summed E-state index contributed by atoms with van der Waals surface area (Å²) in [5, 5.41) is 10.8. The highest BCUT2D eigenvalue weighted by Gasteiger charge is 2.17. The van der Waals surface area contributed by atoms with Crippen molar-refractivity contribution in [2.24, 2.45) is 0 Å². The van der Waals surface area contributed by atoms with Crippen LogP contribution in [0.2, 0.25) is 0 Å². The Balaban J connectivity index is 2.08. The molecule has 0 saturated carbocycles. The lowest BCUT2D eigenvalue weighted by molar-refractivity contribution is -0.137. The van der Waals surface area contributed by atoms with Crippen LogP contribution < -0.4 is 0 Å². The van der Waals surface area contributed by atoms with Gasteiger partial charge < -0.3 is 10.0 Å². The Labute approximate surface area is 118 Å². The molecule has 0 saturated heterocycles. The molecule has 0 aromatic carbocycles. The molecule has 0 aliphatic carbocycles. The van der Waals surface area contributed by atoms with Crippen LogP contribution in [-0.2, 0) is 4.79 Å². The molecule has 0 atom stereocenters. The molecule has 0 bridgehead atoms. The average molecular weight is 292 g/mol. The van der Waals surface area contributed by atoms with Crippen molar-refractivity contribution in [3.63, 3.8) is 0 Å². The number of rotatable bonds is 5. The van der Waals surface area contributed by atoms with Crippen molar-refractivity contribution < 1.29 is 14.7 Å². The summed E-state index contributed by atoms with van der Waals surface area (Å²) in [7, 11) is 1.55. The quantitative estimate of drug-likeness (QED) is 0.888. The highest BCUT2D eigenvalue weighted by Crippen LogP contribution is 2.21. The summed E-state index contributed by atoms with van der Waals surface area (Å²) in [6, 6.07) is 0. The van der Waals surface area contributed by atoms with Crippen LogP contribution in [0.15, 0.2) is 24.0 Å². The first-order valence-corrected chi connectivity index (χ1v) is 6.65. The minimum absolute atomic E-state index is 0.0939. The zero-order valence-corrected chi connectivity index (χ0v) is 11.5. The molecule has 0 aliphatic rings. The largest absolute Gasteiger partial charge is 0.481 e. The SMILES string of the molecule is CN(CCC(=O)O)C(=O)c1csc(-c2cnccn2)n1. The summed E-state index contributed by atoms with van der Waals surface area (Å²) in [6.07, 6.45) is 4.59. The molecule has 8 heteroatoms. The standard InChI is InChI=1S/C12H12N4O3S/c1-16(5-2-10(17)18)12(19)9-7-20-11(15-9)8-6-13-3-4-14-8/h3-4,6-7H,2,5H2,1H3,(H,17,18). The Morgan fingerprint density at radius 3 is 2.85 bits per heavy atom. The van der Waals surface area contributed by atoms with Crippen LogP contribution in [0.3, 0.4) is 0 Å². The molecule has 7 nitrogen and oxygen atoms in total. The molecule has 0 spiro atoms. The van der Waals surface area contributed by atoms with E-state index in [0.29, 0.717) is 10.7 Å². The fourth-order valence-electron chi connectivity index (χ4n) is 1.46. The fourth-order valence-corrected chi connectivity index (χ4v) is 2.21. The Hall–Kier alpha value is -2.35. The van der Waals surface area contributed by atoms with Gasteiger partial charge in [-0.05, 0) is 0 Å². The molecule has 1 N–H and O–H groups in total. The Bertz CT molecular complexity index is 614. The summed E-state index contributed by atoms with van der Waals surface area (Å²) in [5.41, 5.74) is 0.883. The lowest BCUT2D eigenvalue weighted by Crippen LogP contribution is -2.29. The molecule has 0 fully saturated rings. The lowest BCUT2D eigenvalue weighted by atomic mass is 10.3. The van der Waals surface area contributed by atoms with E-state index in [4.69, 9.17) is 5.11 Å². The maximum absolute atomic E-state index is 12.0. The Morgan fingerprint density at radius 2 is 2.20 bits per heavy atom. The number of aromatic nitrogens is 3. The molecule has 2 heterocycles. The topological polar surface area (TPSA) is 96.3 Å². The van der Waals surface area contributed by atoms with Crippen molar-refractivity contribution in [1.29, 1.82) is 0 Å². The first kappa shape index (κ1) is 14.1. The minimum Gasteiger partial charge on any atom is -0.481 e. The Kier molecular flexibility index (Phi) is 4.36. The van der Waals surface area contributed by atoms with Gasteiger partial charge in [-0.15, -0.1) is 11.3 Å². The second kappa shape index (κ2) is 6.20. The highest BCUT2D eigenvalue weighted by molar-refractivity contribution is 7.13. The van der Waals surface area contributed by atoms with Crippen molar-refractivity contribution in [1.82, 2.24) is 19.9 Å². The molecule has 0 unspecified atom stereocenters. The number of carboxylic acids is 1. The van der Waals surface area contributed by atoms with E-state index in [1.165, 1.54) is 16.2 Å². The summed E-state index contributed by atoms with van der Waals surface area (Å²) >= 11 is 1.30. The van der Waals surface area contributed by atoms with Crippen LogP contribution in [0.4, 0.5) is 0 Å². The number of carbonyl (C=O) groups excluding carboxylic acids is 1. The van der Waals surface area contributed by atoms with E-state index in [1.807, 2.05) is 0 Å². The van der Waals surface area contributed by atoms with Gasteiger partial charge in [0.2, 0.25) is 0 Å². The summed E-state index contributed by atoms with van der Waals surface area (Å²) in [6.45, 7) is 0.145. The van der Waals surface area contributed by atoms with Crippen LogP contribution in [0.25, 0.3) is 10.7 Å². The third-order valence-electron chi connectivity index (χ3n) is 2.51. The number of carbonyl (C=O) groups is 2. The summed E-state index contributed by atoms with van der Waals surface area (Å²) < 4.78 is 0. The van der Waals surface area contributed by atoms with Crippen molar-refractivity contribution in [2.75, 3.05) is 13.6 Å². The molecule has 0 radical (unpaired) electrons. The molecule has 0 aliphatic heterocycles. The maximum Gasteiger partial charge on any atom is 0.305 e. The second-order valence-corrected chi connectivity index (χ2v) is 4.86. The van der Waals surface area contributed by atoms with Crippen LogP contribution in [0.5, 0.6) is 0 Å². The van der Waals surface area contributed by atoms with E-state index in [-0.39, 0.29) is 24.6 Å². The number of aliphatic carboxylic acids is 1. The molecule has 20 heavy (non-hydrogen) atoms. The predicted molar refractivity (Wildman–Crippen MR) is 72.4 cm³/mol. The van der Waals surface area contributed by atoms with Gasteiger partial charge in [-0.25, -0.2) is 4.98 Å². The number of hydrogen-bond acceptors (Lipinski definition) is 6. The van der Waals surface area contributed by atoms with Gasteiger partial charge in [0.1, 0.15) is 16.4 Å². The smallest absolute Gasteiger partial charge is 0.305 e. The van der Waals surface area contributed by atoms with Gasteiger partial charge >= 0.3 is 5.97 Å².